The lowest BCUT2D eigenvalue weighted by Gasteiger charge is -2.08. The highest BCUT2D eigenvalue weighted by molar-refractivity contribution is 6.30. The van der Waals surface area contributed by atoms with Crippen molar-refractivity contribution in [1.82, 2.24) is 15.2 Å². The number of nitrogens with zero attached hydrogens (tertiary/aromatic N) is 3. The maximum Gasteiger partial charge on any atom is 0.244 e. The van der Waals surface area contributed by atoms with Crippen molar-refractivity contribution >= 4 is 35.0 Å². The van der Waals surface area contributed by atoms with Crippen molar-refractivity contribution in [2.45, 2.75) is 13.0 Å². The second-order valence-electron chi connectivity index (χ2n) is 5.45. The van der Waals surface area contributed by atoms with E-state index in [2.05, 4.69) is 25.8 Å². The van der Waals surface area contributed by atoms with Crippen molar-refractivity contribution in [2.75, 3.05) is 17.2 Å². The topological polar surface area (TPSA) is 62.7 Å². The summed E-state index contributed by atoms with van der Waals surface area (Å²) in [4.78, 5) is 4.41. The Hall–Kier alpha value is -2.37. The van der Waals surface area contributed by atoms with Crippen LogP contribution in [0.15, 0.2) is 54.7 Å². The van der Waals surface area contributed by atoms with Gasteiger partial charge in [0.05, 0.1) is 6.20 Å². The molecule has 7 heteroatoms. The van der Waals surface area contributed by atoms with Gasteiger partial charge < -0.3 is 10.6 Å². The molecule has 1 heterocycles. The number of nitrogens with one attached hydrogen (secondary N) is 2. The summed E-state index contributed by atoms with van der Waals surface area (Å²) in [7, 11) is 0. The zero-order valence-electron chi connectivity index (χ0n) is 13.4. The Labute approximate surface area is 156 Å². The summed E-state index contributed by atoms with van der Waals surface area (Å²) in [5.74, 6) is 1.16. The van der Waals surface area contributed by atoms with Gasteiger partial charge in [-0.2, -0.15) is 10.1 Å². The summed E-state index contributed by atoms with van der Waals surface area (Å²) in [5, 5.41) is 15.8. The quantitative estimate of drug-likeness (QED) is 0.640. The molecule has 0 spiro atoms. The van der Waals surface area contributed by atoms with E-state index in [0.29, 0.717) is 23.3 Å². The molecule has 0 saturated heterocycles. The van der Waals surface area contributed by atoms with E-state index < -0.39 is 0 Å². The van der Waals surface area contributed by atoms with Crippen LogP contribution in [0.25, 0.3) is 0 Å². The fraction of sp³-hybridized carbons (Fsp3) is 0.167. The molecule has 0 atom stereocenters. The third-order valence-corrected chi connectivity index (χ3v) is 4.06. The lowest BCUT2D eigenvalue weighted by molar-refractivity contribution is 0.929. The SMILES string of the molecule is Clc1ccc(CCNc2cnnc(NCc3ccc(Cl)cc3)n2)cc1. The van der Waals surface area contributed by atoms with E-state index in [0.717, 1.165) is 23.6 Å². The Balaban J connectivity index is 1.50. The second kappa shape index (κ2) is 8.65. The number of hydrogen-bond acceptors (Lipinski definition) is 5. The molecule has 0 unspecified atom stereocenters. The summed E-state index contributed by atoms with van der Waals surface area (Å²) in [6.45, 7) is 1.35. The predicted molar refractivity (Wildman–Crippen MR) is 102 cm³/mol. The smallest absolute Gasteiger partial charge is 0.244 e. The number of hydrogen-bond donors (Lipinski definition) is 2. The van der Waals surface area contributed by atoms with Crippen molar-refractivity contribution in [2.24, 2.45) is 0 Å². The van der Waals surface area contributed by atoms with Crippen LogP contribution in [0, 0.1) is 0 Å². The number of halogens is 2. The number of anilines is 2. The van der Waals surface area contributed by atoms with Gasteiger partial charge in [-0.15, -0.1) is 5.10 Å². The molecule has 2 aromatic carbocycles. The first kappa shape index (κ1) is 17.5. The number of benzene rings is 2. The average Bonchev–Trinajstić information content (AvgIpc) is 2.63. The Morgan fingerprint density at radius 1 is 0.800 bits per heavy atom. The van der Waals surface area contributed by atoms with Crippen molar-refractivity contribution in [3.8, 4) is 0 Å². The first-order chi connectivity index (χ1) is 12.2. The third-order valence-electron chi connectivity index (χ3n) is 3.56. The maximum absolute atomic E-state index is 5.89. The molecule has 1 aromatic heterocycles. The van der Waals surface area contributed by atoms with Crippen molar-refractivity contribution in [3.05, 3.63) is 75.9 Å². The van der Waals surface area contributed by atoms with Crippen LogP contribution in [0.5, 0.6) is 0 Å². The molecule has 0 aliphatic carbocycles. The van der Waals surface area contributed by atoms with Gasteiger partial charge in [-0.25, -0.2) is 0 Å². The third kappa shape index (κ3) is 5.59. The highest BCUT2D eigenvalue weighted by atomic mass is 35.5. The van der Waals surface area contributed by atoms with Gasteiger partial charge >= 0.3 is 0 Å². The van der Waals surface area contributed by atoms with Crippen LogP contribution >= 0.6 is 23.2 Å². The molecule has 0 fully saturated rings. The fourth-order valence-corrected chi connectivity index (χ4v) is 2.48. The fourth-order valence-electron chi connectivity index (χ4n) is 2.23. The highest BCUT2D eigenvalue weighted by Gasteiger charge is 2.01. The minimum absolute atomic E-state index is 0.478. The Kier molecular flexibility index (Phi) is 6.04. The van der Waals surface area contributed by atoms with Crippen molar-refractivity contribution < 1.29 is 0 Å². The Bertz CT molecular complexity index is 806. The Morgan fingerprint density at radius 2 is 1.44 bits per heavy atom. The molecular formula is C18H17Cl2N5. The zero-order valence-corrected chi connectivity index (χ0v) is 14.9. The largest absolute Gasteiger partial charge is 0.368 e. The van der Waals surface area contributed by atoms with Gasteiger partial charge in [0, 0.05) is 23.1 Å². The second-order valence-corrected chi connectivity index (χ2v) is 6.32. The molecule has 0 aliphatic rings. The monoisotopic (exact) mass is 373 g/mol. The van der Waals surface area contributed by atoms with E-state index in [1.807, 2.05) is 48.5 Å². The summed E-state index contributed by atoms with van der Waals surface area (Å²) in [6.07, 6.45) is 2.48. The van der Waals surface area contributed by atoms with Crippen LogP contribution in [0.1, 0.15) is 11.1 Å². The minimum atomic E-state index is 0.478. The van der Waals surface area contributed by atoms with Crippen LogP contribution in [-0.4, -0.2) is 21.7 Å². The normalized spacial score (nSPS) is 10.5. The van der Waals surface area contributed by atoms with Gasteiger partial charge in [0.2, 0.25) is 5.95 Å². The van der Waals surface area contributed by atoms with Crippen LogP contribution in [0.4, 0.5) is 11.8 Å². The van der Waals surface area contributed by atoms with Gasteiger partial charge in [-0.1, -0.05) is 47.5 Å². The zero-order chi connectivity index (χ0) is 17.5. The molecule has 0 bridgehead atoms. The Morgan fingerprint density at radius 3 is 2.12 bits per heavy atom. The van der Waals surface area contributed by atoms with Gasteiger partial charge in [-0.3, -0.25) is 0 Å². The first-order valence-electron chi connectivity index (χ1n) is 7.85. The summed E-state index contributed by atoms with van der Waals surface area (Å²) < 4.78 is 0. The molecular weight excluding hydrogens is 357 g/mol. The van der Waals surface area contributed by atoms with E-state index in [9.17, 15) is 0 Å². The van der Waals surface area contributed by atoms with Gasteiger partial charge in [-0.05, 0) is 41.8 Å². The lowest BCUT2D eigenvalue weighted by atomic mass is 10.1. The van der Waals surface area contributed by atoms with E-state index in [4.69, 9.17) is 23.2 Å². The summed E-state index contributed by atoms with van der Waals surface area (Å²) in [5.41, 5.74) is 2.30. The van der Waals surface area contributed by atoms with Crippen molar-refractivity contribution in [1.29, 1.82) is 0 Å². The standard InChI is InChI=1S/C18H17Cl2N5/c19-15-5-1-13(2-6-15)9-10-21-17-12-23-25-18(24-17)22-11-14-3-7-16(20)8-4-14/h1-8,12H,9-11H2,(H2,21,22,24,25). The number of aromatic nitrogens is 3. The first-order valence-corrected chi connectivity index (χ1v) is 8.61. The van der Waals surface area contributed by atoms with E-state index in [-0.39, 0.29) is 0 Å². The van der Waals surface area contributed by atoms with E-state index in [1.165, 1.54) is 5.56 Å². The van der Waals surface area contributed by atoms with Crippen LogP contribution in [-0.2, 0) is 13.0 Å². The molecule has 25 heavy (non-hydrogen) atoms. The van der Waals surface area contributed by atoms with Gasteiger partial charge in [0.15, 0.2) is 5.82 Å². The van der Waals surface area contributed by atoms with Gasteiger partial charge in [0.25, 0.3) is 0 Å². The molecule has 0 aliphatic heterocycles. The number of rotatable bonds is 7. The molecule has 0 amide bonds. The summed E-state index contributed by atoms with van der Waals surface area (Å²) in [6, 6.07) is 15.4. The van der Waals surface area contributed by atoms with E-state index in [1.54, 1.807) is 6.20 Å². The molecule has 128 valence electrons. The van der Waals surface area contributed by atoms with Gasteiger partial charge in [0.1, 0.15) is 0 Å². The molecule has 3 aromatic rings. The van der Waals surface area contributed by atoms with E-state index >= 15 is 0 Å². The molecule has 2 N–H and O–H groups in total. The van der Waals surface area contributed by atoms with Crippen LogP contribution in [0.3, 0.4) is 0 Å². The minimum Gasteiger partial charge on any atom is -0.368 e. The highest BCUT2D eigenvalue weighted by Crippen LogP contribution is 2.12. The molecule has 3 rings (SSSR count). The molecule has 0 saturated carbocycles. The predicted octanol–water partition coefficient (Wildman–Crippen LogP) is 4.45. The lowest BCUT2D eigenvalue weighted by Crippen LogP contribution is -2.10. The summed E-state index contributed by atoms with van der Waals surface area (Å²) >= 11 is 11.8. The van der Waals surface area contributed by atoms with Crippen LogP contribution in [0.2, 0.25) is 10.0 Å². The molecule has 0 radical (unpaired) electrons. The maximum atomic E-state index is 5.89. The average molecular weight is 374 g/mol. The van der Waals surface area contributed by atoms with Crippen molar-refractivity contribution in [3.63, 3.8) is 0 Å². The molecule has 5 nitrogen and oxygen atoms in total. The van der Waals surface area contributed by atoms with Crippen LogP contribution < -0.4 is 10.6 Å².